The Labute approximate surface area is 127 Å². The van der Waals surface area contributed by atoms with E-state index in [9.17, 15) is 13.2 Å². The lowest BCUT2D eigenvalue weighted by Crippen LogP contribution is -2.31. The number of aromatic nitrogens is 4. The molecular weight excluding hydrogens is 306 g/mol. The predicted molar refractivity (Wildman–Crippen MR) is 80.8 cm³/mol. The number of nitrogens with one attached hydrogen (secondary N) is 1. The largest absolute Gasteiger partial charge is 0.346 e. The van der Waals surface area contributed by atoms with Crippen molar-refractivity contribution < 1.29 is 8.42 Å². The molecule has 1 N–H and O–H groups in total. The maximum absolute atomic E-state index is 12.5. The standard InChI is InChI=1S/C13H17N5O3S/c1-22(20,21)15-7-8-17-13(19)18(11-4-5-11)12(16-17)10-3-2-6-14-9-10/h2-3,6,9,11,15H,4-5,7-8H2,1H3. The number of hydrogen-bond donors (Lipinski definition) is 1. The zero-order valence-electron chi connectivity index (χ0n) is 12.1. The molecule has 0 bridgehead atoms. The number of nitrogens with zero attached hydrogens (tertiary/aromatic N) is 4. The fourth-order valence-corrected chi connectivity index (χ4v) is 2.72. The number of rotatable bonds is 6. The number of pyridine rings is 1. The van der Waals surface area contributed by atoms with Gasteiger partial charge in [-0.05, 0) is 25.0 Å². The molecule has 22 heavy (non-hydrogen) atoms. The van der Waals surface area contributed by atoms with E-state index in [0.717, 1.165) is 24.7 Å². The molecule has 0 aliphatic heterocycles. The normalized spacial score (nSPS) is 15.1. The zero-order valence-corrected chi connectivity index (χ0v) is 13.0. The fourth-order valence-electron chi connectivity index (χ4n) is 2.26. The third-order valence-electron chi connectivity index (χ3n) is 3.39. The summed E-state index contributed by atoms with van der Waals surface area (Å²) in [5, 5.41) is 4.35. The lowest BCUT2D eigenvalue weighted by molar-refractivity contribution is 0.550. The van der Waals surface area contributed by atoms with Crippen molar-refractivity contribution in [3.8, 4) is 11.4 Å². The van der Waals surface area contributed by atoms with E-state index in [2.05, 4.69) is 14.8 Å². The van der Waals surface area contributed by atoms with Gasteiger partial charge in [0.2, 0.25) is 10.0 Å². The van der Waals surface area contributed by atoms with E-state index in [1.165, 1.54) is 4.68 Å². The van der Waals surface area contributed by atoms with E-state index in [-0.39, 0.29) is 24.8 Å². The molecule has 8 nitrogen and oxygen atoms in total. The summed E-state index contributed by atoms with van der Waals surface area (Å²) in [4.78, 5) is 16.5. The highest BCUT2D eigenvalue weighted by atomic mass is 32.2. The van der Waals surface area contributed by atoms with Gasteiger partial charge in [-0.1, -0.05) is 0 Å². The minimum Gasteiger partial charge on any atom is -0.272 e. The van der Waals surface area contributed by atoms with Crippen molar-refractivity contribution >= 4 is 10.0 Å². The van der Waals surface area contributed by atoms with Crippen molar-refractivity contribution in [2.45, 2.75) is 25.4 Å². The van der Waals surface area contributed by atoms with Crippen LogP contribution in [0.4, 0.5) is 0 Å². The summed E-state index contributed by atoms with van der Waals surface area (Å²) in [6.45, 7) is 0.325. The summed E-state index contributed by atoms with van der Waals surface area (Å²) in [7, 11) is -3.28. The number of sulfonamides is 1. The van der Waals surface area contributed by atoms with Crippen molar-refractivity contribution in [2.75, 3.05) is 12.8 Å². The summed E-state index contributed by atoms with van der Waals surface area (Å²) >= 11 is 0. The highest BCUT2D eigenvalue weighted by Crippen LogP contribution is 2.36. The Balaban J connectivity index is 1.91. The van der Waals surface area contributed by atoms with Gasteiger partial charge in [-0.3, -0.25) is 9.55 Å². The molecule has 1 saturated carbocycles. The molecule has 0 spiro atoms. The summed E-state index contributed by atoms with van der Waals surface area (Å²) < 4.78 is 27.5. The minimum atomic E-state index is -3.28. The SMILES string of the molecule is CS(=O)(=O)NCCn1nc(-c2cccnc2)n(C2CC2)c1=O. The van der Waals surface area contributed by atoms with Crippen LogP contribution in [-0.2, 0) is 16.6 Å². The first-order valence-corrected chi connectivity index (χ1v) is 8.89. The van der Waals surface area contributed by atoms with Gasteiger partial charge >= 0.3 is 5.69 Å². The molecule has 2 heterocycles. The van der Waals surface area contributed by atoms with Gasteiger partial charge in [0.15, 0.2) is 5.82 Å². The first-order valence-electron chi connectivity index (χ1n) is 7.00. The molecule has 0 amide bonds. The van der Waals surface area contributed by atoms with E-state index >= 15 is 0 Å². The van der Waals surface area contributed by atoms with E-state index in [1.54, 1.807) is 23.0 Å². The van der Waals surface area contributed by atoms with Crippen LogP contribution in [0.2, 0.25) is 0 Å². The first-order chi connectivity index (χ1) is 10.5. The van der Waals surface area contributed by atoms with Crippen LogP contribution in [0.5, 0.6) is 0 Å². The van der Waals surface area contributed by atoms with Crippen LogP contribution in [0.1, 0.15) is 18.9 Å². The van der Waals surface area contributed by atoms with Crippen molar-refractivity contribution in [2.24, 2.45) is 0 Å². The Morgan fingerprint density at radius 2 is 2.18 bits per heavy atom. The second-order valence-electron chi connectivity index (χ2n) is 5.34. The molecule has 9 heteroatoms. The maximum Gasteiger partial charge on any atom is 0.346 e. The molecule has 1 fully saturated rings. The van der Waals surface area contributed by atoms with Crippen LogP contribution in [0.15, 0.2) is 29.3 Å². The summed E-state index contributed by atoms with van der Waals surface area (Å²) in [5.74, 6) is 0.583. The second-order valence-corrected chi connectivity index (χ2v) is 7.17. The van der Waals surface area contributed by atoms with Crippen LogP contribution in [0, 0.1) is 0 Å². The Bertz CT molecular complexity index is 821. The Morgan fingerprint density at radius 3 is 2.77 bits per heavy atom. The van der Waals surface area contributed by atoms with Crippen LogP contribution in [0.3, 0.4) is 0 Å². The average Bonchev–Trinajstić information content (AvgIpc) is 3.24. The molecule has 0 unspecified atom stereocenters. The molecule has 0 radical (unpaired) electrons. The third-order valence-corrected chi connectivity index (χ3v) is 4.12. The molecule has 1 aliphatic carbocycles. The molecule has 2 aromatic heterocycles. The predicted octanol–water partition coefficient (Wildman–Crippen LogP) is -0.00910. The molecule has 3 rings (SSSR count). The van der Waals surface area contributed by atoms with Gasteiger partial charge in [-0.2, -0.15) is 0 Å². The van der Waals surface area contributed by atoms with Gasteiger partial charge < -0.3 is 0 Å². The van der Waals surface area contributed by atoms with Gasteiger partial charge in [0, 0.05) is 30.5 Å². The quantitative estimate of drug-likeness (QED) is 0.806. The van der Waals surface area contributed by atoms with Crippen molar-refractivity contribution in [1.29, 1.82) is 0 Å². The zero-order chi connectivity index (χ0) is 15.7. The van der Waals surface area contributed by atoms with Gasteiger partial charge in [0.25, 0.3) is 0 Å². The Hall–Kier alpha value is -2.00. The third kappa shape index (κ3) is 3.25. The average molecular weight is 323 g/mol. The van der Waals surface area contributed by atoms with Crippen molar-refractivity contribution in [3.05, 3.63) is 35.0 Å². The van der Waals surface area contributed by atoms with Crippen LogP contribution in [0.25, 0.3) is 11.4 Å². The van der Waals surface area contributed by atoms with Gasteiger partial charge in [0.1, 0.15) is 0 Å². The van der Waals surface area contributed by atoms with Crippen LogP contribution < -0.4 is 10.4 Å². The maximum atomic E-state index is 12.5. The molecule has 0 saturated heterocycles. The topological polar surface area (TPSA) is 98.9 Å². The molecule has 118 valence electrons. The van der Waals surface area contributed by atoms with E-state index in [0.29, 0.717) is 5.82 Å². The molecule has 0 aromatic carbocycles. The number of hydrogen-bond acceptors (Lipinski definition) is 5. The Morgan fingerprint density at radius 1 is 1.41 bits per heavy atom. The van der Waals surface area contributed by atoms with Crippen LogP contribution >= 0.6 is 0 Å². The smallest absolute Gasteiger partial charge is 0.272 e. The molecule has 2 aromatic rings. The second kappa shape index (κ2) is 5.65. The van der Waals surface area contributed by atoms with E-state index < -0.39 is 10.0 Å². The highest BCUT2D eigenvalue weighted by Gasteiger charge is 2.30. The lowest BCUT2D eigenvalue weighted by atomic mass is 10.3. The highest BCUT2D eigenvalue weighted by molar-refractivity contribution is 7.88. The molecule has 1 aliphatic rings. The Kier molecular flexibility index (Phi) is 3.83. The summed E-state index contributed by atoms with van der Waals surface area (Å²) in [6.07, 6.45) is 6.33. The van der Waals surface area contributed by atoms with Gasteiger partial charge in [-0.25, -0.2) is 22.6 Å². The van der Waals surface area contributed by atoms with Gasteiger partial charge in [-0.15, -0.1) is 5.10 Å². The summed E-state index contributed by atoms with van der Waals surface area (Å²) in [5.41, 5.74) is 0.568. The molecular formula is C13H17N5O3S. The monoisotopic (exact) mass is 323 g/mol. The minimum absolute atomic E-state index is 0.132. The van der Waals surface area contributed by atoms with Crippen molar-refractivity contribution in [3.63, 3.8) is 0 Å². The first kappa shape index (κ1) is 14.9. The lowest BCUT2D eigenvalue weighted by Gasteiger charge is -2.02. The van der Waals surface area contributed by atoms with Crippen LogP contribution in [-0.4, -0.2) is 40.5 Å². The van der Waals surface area contributed by atoms with Gasteiger partial charge in [0.05, 0.1) is 12.8 Å². The fraction of sp³-hybridized carbons (Fsp3) is 0.462. The summed E-state index contributed by atoms with van der Waals surface area (Å²) in [6, 6.07) is 3.83. The molecule has 0 atom stereocenters. The van der Waals surface area contributed by atoms with E-state index in [1.807, 2.05) is 6.07 Å². The van der Waals surface area contributed by atoms with Crippen molar-refractivity contribution in [1.82, 2.24) is 24.1 Å². The van der Waals surface area contributed by atoms with E-state index in [4.69, 9.17) is 0 Å².